The second-order valence-electron chi connectivity index (χ2n) is 4.45. The average Bonchev–Trinajstić information content (AvgIpc) is 2.32. The molecule has 0 heterocycles. The van der Waals surface area contributed by atoms with Crippen LogP contribution in [-0.4, -0.2) is 14.2 Å². The molecule has 2 N–H and O–H groups in total. The van der Waals surface area contributed by atoms with Crippen molar-refractivity contribution in [3.8, 4) is 11.5 Å². The van der Waals surface area contributed by atoms with Crippen molar-refractivity contribution >= 4 is 0 Å². The number of methoxy groups -OCH3 is 2. The Bertz CT molecular complexity index is 390. The van der Waals surface area contributed by atoms with Gasteiger partial charge in [-0.25, -0.2) is 0 Å². The summed E-state index contributed by atoms with van der Waals surface area (Å²) in [6.45, 7) is 2.20. The van der Waals surface area contributed by atoms with Gasteiger partial charge in [0.15, 0.2) is 11.5 Å². The van der Waals surface area contributed by atoms with Gasteiger partial charge in [0.05, 0.1) is 14.2 Å². The molecule has 2 rings (SSSR count). The number of hydrogen-bond donors (Lipinski definition) is 1. The van der Waals surface area contributed by atoms with Crippen LogP contribution in [-0.2, 0) is 6.42 Å². The van der Waals surface area contributed by atoms with Crippen LogP contribution in [0.1, 0.15) is 30.5 Å². The Labute approximate surface area is 96.5 Å². The highest BCUT2D eigenvalue weighted by molar-refractivity contribution is 5.49. The minimum atomic E-state index is 0.114. The first-order chi connectivity index (χ1) is 7.67. The molecule has 0 saturated carbocycles. The molecule has 88 valence electrons. The molecule has 3 nitrogen and oxygen atoms in total. The van der Waals surface area contributed by atoms with Crippen LogP contribution in [0.4, 0.5) is 0 Å². The summed E-state index contributed by atoms with van der Waals surface area (Å²) in [4.78, 5) is 0. The topological polar surface area (TPSA) is 44.5 Å². The highest BCUT2D eigenvalue weighted by atomic mass is 16.5. The molecule has 0 spiro atoms. The van der Waals surface area contributed by atoms with E-state index in [1.165, 1.54) is 11.1 Å². The second-order valence-corrected chi connectivity index (χ2v) is 4.45. The summed E-state index contributed by atoms with van der Waals surface area (Å²) in [6, 6.07) is 4.19. The summed E-state index contributed by atoms with van der Waals surface area (Å²) in [5.41, 5.74) is 8.71. The molecule has 2 unspecified atom stereocenters. The van der Waals surface area contributed by atoms with Crippen molar-refractivity contribution in [2.45, 2.75) is 25.8 Å². The molecule has 3 heteroatoms. The van der Waals surface area contributed by atoms with Gasteiger partial charge in [0.2, 0.25) is 0 Å². The molecule has 1 aromatic carbocycles. The predicted molar refractivity (Wildman–Crippen MR) is 64.0 cm³/mol. The monoisotopic (exact) mass is 221 g/mol. The Morgan fingerprint density at radius 2 is 1.81 bits per heavy atom. The van der Waals surface area contributed by atoms with Gasteiger partial charge in [0, 0.05) is 6.04 Å². The number of fused-ring (bicyclic) bond motifs is 1. The van der Waals surface area contributed by atoms with Gasteiger partial charge in [-0.3, -0.25) is 0 Å². The van der Waals surface area contributed by atoms with Crippen molar-refractivity contribution in [2.75, 3.05) is 14.2 Å². The first kappa shape index (κ1) is 11.3. The van der Waals surface area contributed by atoms with E-state index in [1.54, 1.807) is 14.2 Å². The average molecular weight is 221 g/mol. The molecule has 0 bridgehead atoms. The Kier molecular flexibility index (Phi) is 3.06. The molecule has 16 heavy (non-hydrogen) atoms. The summed E-state index contributed by atoms with van der Waals surface area (Å²) in [7, 11) is 3.32. The van der Waals surface area contributed by atoms with Gasteiger partial charge < -0.3 is 15.2 Å². The third-order valence-corrected chi connectivity index (χ3v) is 3.49. The lowest BCUT2D eigenvalue weighted by molar-refractivity contribution is 0.349. The summed E-state index contributed by atoms with van der Waals surface area (Å²) in [5, 5.41) is 0. The van der Waals surface area contributed by atoms with Crippen LogP contribution in [0.5, 0.6) is 11.5 Å². The van der Waals surface area contributed by atoms with Crippen LogP contribution < -0.4 is 15.2 Å². The van der Waals surface area contributed by atoms with Gasteiger partial charge in [-0.2, -0.15) is 0 Å². The maximum absolute atomic E-state index is 6.21. The van der Waals surface area contributed by atoms with Gasteiger partial charge in [0.1, 0.15) is 0 Å². The molecule has 0 radical (unpaired) electrons. The van der Waals surface area contributed by atoms with E-state index in [-0.39, 0.29) is 6.04 Å². The molecule has 0 aliphatic heterocycles. The zero-order valence-electron chi connectivity index (χ0n) is 10.1. The van der Waals surface area contributed by atoms with E-state index in [9.17, 15) is 0 Å². The van der Waals surface area contributed by atoms with E-state index in [1.807, 2.05) is 6.07 Å². The summed E-state index contributed by atoms with van der Waals surface area (Å²) in [5.74, 6) is 2.10. The number of benzene rings is 1. The predicted octanol–water partition coefficient (Wildman–Crippen LogP) is 2.29. The molecule has 2 atom stereocenters. The van der Waals surface area contributed by atoms with E-state index in [4.69, 9.17) is 15.2 Å². The van der Waals surface area contributed by atoms with E-state index in [0.717, 1.165) is 24.3 Å². The molecule has 0 aromatic heterocycles. The van der Waals surface area contributed by atoms with Crippen molar-refractivity contribution in [1.29, 1.82) is 0 Å². The summed E-state index contributed by atoms with van der Waals surface area (Å²) >= 11 is 0. The van der Waals surface area contributed by atoms with E-state index < -0.39 is 0 Å². The maximum Gasteiger partial charge on any atom is 0.161 e. The fourth-order valence-corrected chi connectivity index (χ4v) is 2.33. The van der Waals surface area contributed by atoms with Gasteiger partial charge >= 0.3 is 0 Å². The van der Waals surface area contributed by atoms with E-state index >= 15 is 0 Å². The second kappa shape index (κ2) is 4.34. The normalized spacial score (nSPS) is 23.8. The van der Waals surface area contributed by atoms with Crippen LogP contribution in [0.2, 0.25) is 0 Å². The smallest absolute Gasteiger partial charge is 0.161 e. The van der Waals surface area contributed by atoms with Crippen molar-refractivity contribution in [1.82, 2.24) is 0 Å². The summed E-state index contributed by atoms with van der Waals surface area (Å²) in [6.07, 6.45) is 2.22. The number of ether oxygens (including phenoxy) is 2. The minimum Gasteiger partial charge on any atom is -0.493 e. The highest BCUT2D eigenvalue weighted by Gasteiger charge is 2.25. The fraction of sp³-hybridized carbons (Fsp3) is 0.538. The van der Waals surface area contributed by atoms with E-state index in [2.05, 4.69) is 13.0 Å². The third-order valence-electron chi connectivity index (χ3n) is 3.49. The molecule has 0 fully saturated rings. The fourth-order valence-electron chi connectivity index (χ4n) is 2.33. The largest absolute Gasteiger partial charge is 0.493 e. The zero-order valence-corrected chi connectivity index (χ0v) is 10.1. The Morgan fingerprint density at radius 1 is 1.19 bits per heavy atom. The number of rotatable bonds is 2. The molecule has 1 aliphatic carbocycles. The Hall–Kier alpha value is -1.22. The van der Waals surface area contributed by atoms with Crippen LogP contribution >= 0.6 is 0 Å². The Morgan fingerprint density at radius 3 is 2.44 bits per heavy atom. The van der Waals surface area contributed by atoms with Gasteiger partial charge in [0.25, 0.3) is 0 Å². The van der Waals surface area contributed by atoms with Crippen molar-refractivity contribution in [3.63, 3.8) is 0 Å². The van der Waals surface area contributed by atoms with Crippen molar-refractivity contribution in [3.05, 3.63) is 23.3 Å². The minimum absolute atomic E-state index is 0.114. The standard InChI is InChI=1S/C13H19NO2/c1-8-4-5-9-6-11(15-2)12(16-3)7-10(9)13(8)14/h6-8,13H,4-5,14H2,1-3H3. The highest BCUT2D eigenvalue weighted by Crippen LogP contribution is 2.39. The number of hydrogen-bond acceptors (Lipinski definition) is 3. The molecule has 1 aliphatic rings. The lowest BCUT2D eigenvalue weighted by atomic mass is 9.81. The first-order valence-electron chi connectivity index (χ1n) is 5.67. The molecule has 1 aromatic rings. The van der Waals surface area contributed by atoms with Crippen molar-refractivity contribution < 1.29 is 9.47 Å². The third kappa shape index (κ3) is 1.76. The van der Waals surface area contributed by atoms with E-state index in [0.29, 0.717) is 5.92 Å². The van der Waals surface area contributed by atoms with Crippen LogP contribution in [0.15, 0.2) is 12.1 Å². The molecule has 0 saturated heterocycles. The molecular weight excluding hydrogens is 202 g/mol. The van der Waals surface area contributed by atoms with Crippen LogP contribution in [0.3, 0.4) is 0 Å². The first-order valence-corrected chi connectivity index (χ1v) is 5.67. The SMILES string of the molecule is COc1cc2c(cc1OC)C(N)C(C)CC2. The lowest BCUT2D eigenvalue weighted by Gasteiger charge is -2.29. The van der Waals surface area contributed by atoms with Gasteiger partial charge in [-0.1, -0.05) is 6.92 Å². The zero-order chi connectivity index (χ0) is 11.7. The number of nitrogens with two attached hydrogens (primary N) is 1. The number of aryl methyl sites for hydroxylation is 1. The van der Waals surface area contributed by atoms with Crippen molar-refractivity contribution in [2.24, 2.45) is 11.7 Å². The van der Waals surface area contributed by atoms with Gasteiger partial charge in [-0.15, -0.1) is 0 Å². The lowest BCUT2D eigenvalue weighted by Crippen LogP contribution is -2.25. The van der Waals surface area contributed by atoms with Crippen LogP contribution in [0, 0.1) is 5.92 Å². The summed E-state index contributed by atoms with van der Waals surface area (Å²) < 4.78 is 10.6. The Balaban J connectivity index is 2.48. The van der Waals surface area contributed by atoms with Crippen LogP contribution in [0.25, 0.3) is 0 Å². The molecule has 0 amide bonds. The quantitative estimate of drug-likeness (QED) is 0.833. The molecular formula is C13H19NO2. The van der Waals surface area contributed by atoms with Gasteiger partial charge in [-0.05, 0) is 42.0 Å². The maximum atomic E-state index is 6.21.